The molecule has 1 N–H and O–H groups in total. The zero-order valence-corrected chi connectivity index (χ0v) is 11.6. The number of ether oxygens (including phenoxy) is 1. The van der Waals surface area contributed by atoms with Gasteiger partial charge >= 0.3 is 6.61 Å². The van der Waals surface area contributed by atoms with Crippen LogP contribution >= 0.6 is 0 Å². The van der Waals surface area contributed by atoms with Gasteiger partial charge in [0.05, 0.1) is 0 Å². The highest BCUT2D eigenvalue weighted by molar-refractivity contribution is 5.60. The molecule has 0 radical (unpaired) electrons. The highest BCUT2D eigenvalue weighted by atomic mass is 19.3. The number of benzene rings is 1. The molecular formula is C16H21F2NO. The number of anilines is 1. The predicted octanol–water partition coefficient (Wildman–Crippen LogP) is 4.77. The second-order valence-electron chi connectivity index (χ2n) is 5.87. The molecule has 2 aliphatic rings. The molecule has 4 heteroatoms. The molecule has 1 aliphatic heterocycles. The Morgan fingerprint density at radius 3 is 2.55 bits per heavy atom. The van der Waals surface area contributed by atoms with Crippen molar-refractivity contribution in [3.63, 3.8) is 0 Å². The van der Waals surface area contributed by atoms with Crippen LogP contribution in [-0.4, -0.2) is 13.2 Å². The largest absolute Gasteiger partial charge is 0.435 e. The van der Waals surface area contributed by atoms with Crippen LogP contribution in [0.2, 0.25) is 0 Å². The fraction of sp³-hybridized carbons (Fsp3) is 0.625. The number of hydrogen-bond donors (Lipinski definition) is 1. The Balaban J connectivity index is 1.80. The van der Waals surface area contributed by atoms with Gasteiger partial charge in [-0.05, 0) is 42.5 Å². The monoisotopic (exact) mass is 281 g/mol. The fourth-order valence-electron chi connectivity index (χ4n) is 3.65. The van der Waals surface area contributed by atoms with Gasteiger partial charge in [-0.2, -0.15) is 8.78 Å². The molecule has 1 heterocycles. The number of nitrogens with one attached hydrogen (secondary N) is 1. The predicted molar refractivity (Wildman–Crippen MR) is 75.5 cm³/mol. The third-order valence-corrected chi connectivity index (χ3v) is 4.63. The van der Waals surface area contributed by atoms with E-state index in [2.05, 4.69) is 10.1 Å². The Kier molecular flexibility index (Phi) is 4.08. The first-order valence-corrected chi connectivity index (χ1v) is 7.56. The van der Waals surface area contributed by atoms with Gasteiger partial charge in [0.1, 0.15) is 5.75 Å². The molecule has 1 unspecified atom stereocenters. The SMILES string of the molecule is FC(F)Oc1ccc2c(c1)C(C1CCCCCC1)CN2. The summed E-state index contributed by atoms with van der Waals surface area (Å²) in [5.74, 6) is 1.40. The molecule has 0 amide bonds. The maximum Gasteiger partial charge on any atom is 0.387 e. The number of halogens is 2. The van der Waals surface area contributed by atoms with Crippen molar-refractivity contribution in [2.45, 2.75) is 51.1 Å². The standard InChI is InChI=1S/C16H21F2NO/c17-16(18)20-12-7-8-15-13(9-12)14(10-19-15)11-5-3-1-2-4-6-11/h7-9,11,14,16,19H,1-6,10H2. The molecule has 0 spiro atoms. The fourth-order valence-corrected chi connectivity index (χ4v) is 3.65. The quantitative estimate of drug-likeness (QED) is 0.806. The summed E-state index contributed by atoms with van der Waals surface area (Å²) in [5.41, 5.74) is 2.25. The zero-order valence-electron chi connectivity index (χ0n) is 11.6. The van der Waals surface area contributed by atoms with E-state index in [1.54, 1.807) is 12.1 Å². The summed E-state index contributed by atoms with van der Waals surface area (Å²) in [4.78, 5) is 0. The zero-order chi connectivity index (χ0) is 13.9. The highest BCUT2D eigenvalue weighted by Gasteiger charge is 2.30. The van der Waals surface area contributed by atoms with Crippen LogP contribution < -0.4 is 10.1 Å². The summed E-state index contributed by atoms with van der Waals surface area (Å²) < 4.78 is 29.2. The summed E-state index contributed by atoms with van der Waals surface area (Å²) in [6, 6.07) is 5.29. The van der Waals surface area contributed by atoms with Crippen molar-refractivity contribution >= 4 is 5.69 Å². The van der Waals surface area contributed by atoms with Crippen molar-refractivity contribution in [2.24, 2.45) is 5.92 Å². The van der Waals surface area contributed by atoms with Crippen molar-refractivity contribution in [2.75, 3.05) is 11.9 Å². The third-order valence-electron chi connectivity index (χ3n) is 4.63. The number of alkyl halides is 2. The lowest BCUT2D eigenvalue weighted by atomic mass is 9.82. The smallest absolute Gasteiger partial charge is 0.387 e. The Labute approximate surface area is 118 Å². The molecule has 0 bridgehead atoms. The van der Waals surface area contributed by atoms with E-state index in [0.717, 1.165) is 17.8 Å². The van der Waals surface area contributed by atoms with Crippen molar-refractivity contribution in [3.8, 4) is 5.75 Å². The normalized spacial score (nSPS) is 23.2. The van der Waals surface area contributed by atoms with E-state index >= 15 is 0 Å². The average molecular weight is 281 g/mol. The van der Waals surface area contributed by atoms with Gasteiger partial charge in [0.15, 0.2) is 0 Å². The number of hydrogen-bond acceptors (Lipinski definition) is 2. The van der Waals surface area contributed by atoms with Gasteiger partial charge in [0.2, 0.25) is 0 Å². The minimum absolute atomic E-state index is 0.279. The van der Waals surface area contributed by atoms with Crippen LogP contribution in [0.5, 0.6) is 5.75 Å². The number of fused-ring (bicyclic) bond motifs is 1. The van der Waals surface area contributed by atoms with Gasteiger partial charge in [0, 0.05) is 18.2 Å². The molecule has 1 aliphatic carbocycles. The number of rotatable bonds is 3. The van der Waals surface area contributed by atoms with Crippen LogP contribution in [-0.2, 0) is 0 Å². The topological polar surface area (TPSA) is 21.3 Å². The third kappa shape index (κ3) is 2.89. The van der Waals surface area contributed by atoms with E-state index in [-0.39, 0.29) is 5.75 Å². The first-order chi connectivity index (χ1) is 9.74. The molecule has 20 heavy (non-hydrogen) atoms. The van der Waals surface area contributed by atoms with Crippen molar-refractivity contribution in [3.05, 3.63) is 23.8 Å². The van der Waals surface area contributed by atoms with Crippen LogP contribution in [0.4, 0.5) is 14.5 Å². The molecule has 3 rings (SSSR count). The van der Waals surface area contributed by atoms with Crippen LogP contribution in [0.1, 0.15) is 50.0 Å². The van der Waals surface area contributed by atoms with E-state index in [0.29, 0.717) is 11.8 Å². The molecular weight excluding hydrogens is 260 g/mol. The van der Waals surface area contributed by atoms with Gasteiger partial charge in [-0.3, -0.25) is 0 Å². The maximum absolute atomic E-state index is 12.3. The Hall–Kier alpha value is -1.32. The molecule has 1 aromatic rings. The maximum atomic E-state index is 12.3. The average Bonchev–Trinajstić information content (AvgIpc) is 2.65. The van der Waals surface area contributed by atoms with Crippen molar-refractivity contribution in [1.29, 1.82) is 0 Å². The molecule has 1 atom stereocenters. The Bertz CT molecular complexity index is 456. The van der Waals surface area contributed by atoms with Crippen LogP contribution in [0, 0.1) is 5.92 Å². The second-order valence-corrected chi connectivity index (χ2v) is 5.87. The lowest BCUT2D eigenvalue weighted by molar-refractivity contribution is -0.0498. The van der Waals surface area contributed by atoms with Gasteiger partial charge < -0.3 is 10.1 Å². The molecule has 2 nitrogen and oxygen atoms in total. The molecule has 1 aromatic carbocycles. The summed E-state index contributed by atoms with van der Waals surface area (Å²) in [7, 11) is 0. The first kappa shape index (κ1) is 13.7. The molecule has 110 valence electrons. The van der Waals surface area contributed by atoms with Gasteiger partial charge in [-0.25, -0.2) is 0 Å². The molecule has 1 fully saturated rings. The highest BCUT2D eigenvalue weighted by Crippen LogP contribution is 2.43. The summed E-state index contributed by atoms with van der Waals surface area (Å²) >= 11 is 0. The van der Waals surface area contributed by atoms with Crippen molar-refractivity contribution < 1.29 is 13.5 Å². The van der Waals surface area contributed by atoms with Crippen LogP contribution in [0.3, 0.4) is 0 Å². The summed E-state index contributed by atoms with van der Waals surface area (Å²) in [6.45, 7) is -1.82. The van der Waals surface area contributed by atoms with Gasteiger partial charge in [0.25, 0.3) is 0 Å². The second kappa shape index (κ2) is 5.98. The minimum atomic E-state index is -2.75. The molecule has 0 aromatic heterocycles. The first-order valence-electron chi connectivity index (χ1n) is 7.56. The minimum Gasteiger partial charge on any atom is -0.435 e. The van der Waals surface area contributed by atoms with E-state index in [9.17, 15) is 8.78 Å². The molecule has 1 saturated carbocycles. The molecule has 0 saturated heterocycles. The lowest BCUT2D eigenvalue weighted by Crippen LogP contribution is -2.14. The summed E-state index contributed by atoms with van der Waals surface area (Å²) in [6.07, 6.45) is 7.76. The van der Waals surface area contributed by atoms with Crippen LogP contribution in [0.25, 0.3) is 0 Å². The van der Waals surface area contributed by atoms with E-state index in [4.69, 9.17) is 0 Å². The van der Waals surface area contributed by atoms with E-state index in [1.807, 2.05) is 6.07 Å². The Morgan fingerprint density at radius 1 is 1.10 bits per heavy atom. The van der Waals surface area contributed by atoms with Crippen LogP contribution in [0.15, 0.2) is 18.2 Å². The Morgan fingerprint density at radius 2 is 1.85 bits per heavy atom. The van der Waals surface area contributed by atoms with Gasteiger partial charge in [-0.1, -0.05) is 25.7 Å². The van der Waals surface area contributed by atoms with E-state index in [1.165, 1.54) is 38.5 Å². The van der Waals surface area contributed by atoms with Gasteiger partial charge in [-0.15, -0.1) is 0 Å². The van der Waals surface area contributed by atoms with E-state index < -0.39 is 6.61 Å². The summed E-state index contributed by atoms with van der Waals surface area (Å²) in [5, 5.41) is 3.41. The van der Waals surface area contributed by atoms with Crippen molar-refractivity contribution in [1.82, 2.24) is 0 Å². The lowest BCUT2D eigenvalue weighted by Gasteiger charge is -2.22.